The first-order valence-electron chi connectivity index (χ1n) is 45.5. The van der Waals surface area contributed by atoms with Crippen molar-refractivity contribution in [2.45, 2.75) is 490 Å². The number of esters is 4. The van der Waals surface area contributed by atoms with E-state index in [2.05, 4.69) is 41.5 Å². The summed E-state index contributed by atoms with van der Waals surface area (Å²) in [6.45, 7) is 9.72. The number of ether oxygens (including phenoxy) is 4. The number of aliphatic hydroxyl groups is 1. The van der Waals surface area contributed by atoms with Crippen molar-refractivity contribution < 1.29 is 80.2 Å². The largest absolute Gasteiger partial charge is 0.472 e. The molecular weight excluding hydrogens is 1390 g/mol. The molecule has 636 valence electrons. The van der Waals surface area contributed by atoms with Gasteiger partial charge in [-0.25, -0.2) is 9.13 Å². The summed E-state index contributed by atoms with van der Waals surface area (Å²) in [4.78, 5) is 73.3. The molecule has 0 saturated carbocycles. The van der Waals surface area contributed by atoms with Gasteiger partial charge < -0.3 is 33.8 Å². The Morgan fingerprint density at radius 3 is 0.710 bits per heavy atom. The van der Waals surface area contributed by atoms with E-state index < -0.39 is 97.5 Å². The average Bonchev–Trinajstić information content (AvgIpc) is 0.900. The Balaban J connectivity index is 5.25. The standard InChI is InChI=1S/C88H172O17P2/c1-7-10-12-14-16-18-20-22-24-26-27-28-29-30-32-38-42-48-55-61-67-73-87(92)104-83(76-98-85(90)70-64-58-52-46-40-36-34-33-35-39-45-51-57-63-69-81(6)9-3)78-102-106(94,95)100-74-82(89)75-101-107(96,97)103-79-84(77-99-86(91)71-65-59-53-49-43-44-50-56-62-68-80(4)5)105-88(93)72-66-60-54-47-41-37-31-25-23-21-19-17-15-13-11-8-2/h80-84,89H,7-79H2,1-6H3,(H,94,95)(H,96,97)/t81?,82-,83-,84-/m1/s1. The van der Waals surface area contributed by atoms with Crippen LogP contribution in [0.3, 0.4) is 0 Å². The van der Waals surface area contributed by atoms with Crippen LogP contribution in [0, 0.1) is 11.8 Å². The van der Waals surface area contributed by atoms with Crippen molar-refractivity contribution in [1.29, 1.82) is 0 Å². The van der Waals surface area contributed by atoms with Crippen LogP contribution in [-0.4, -0.2) is 96.7 Å². The van der Waals surface area contributed by atoms with Gasteiger partial charge in [0.1, 0.15) is 19.3 Å². The molecule has 17 nitrogen and oxygen atoms in total. The third-order valence-corrected chi connectivity index (χ3v) is 23.0. The molecule has 0 radical (unpaired) electrons. The zero-order chi connectivity index (χ0) is 78.5. The van der Waals surface area contributed by atoms with Crippen molar-refractivity contribution in [3.63, 3.8) is 0 Å². The molecule has 3 N–H and O–H groups in total. The van der Waals surface area contributed by atoms with Crippen molar-refractivity contribution >= 4 is 39.5 Å². The summed E-state index contributed by atoms with van der Waals surface area (Å²) in [5.74, 6) is -0.505. The van der Waals surface area contributed by atoms with Gasteiger partial charge in [-0.3, -0.25) is 37.3 Å². The number of hydrogen-bond acceptors (Lipinski definition) is 15. The Labute approximate surface area is 658 Å². The predicted molar refractivity (Wildman–Crippen MR) is 442 cm³/mol. The second kappa shape index (κ2) is 79.3. The number of rotatable bonds is 87. The number of carbonyl (C=O) groups excluding carboxylic acids is 4. The van der Waals surface area contributed by atoms with Crippen LogP contribution in [0.4, 0.5) is 0 Å². The van der Waals surface area contributed by atoms with Crippen molar-refractivity contribution in [1.82, 2.24) is 0 Å². The lowest BCUT2D eigenvalue weighted by molar-refractivity contribution is -0.161. The van der Waals surface area contributed by atoms with Gasteiger partial charge in [0, 0.05) is 25.7 Å². The van der Waals surface area contributed by atoms with Crippen LogP contribution < -0.4 is 0 Å². The molecule has 0 saturated heterocycles. The third kappa shape index (κ3) is 80.5. The minimum absolute atomic E-state index is 0.108. The lowest BCUT2D eigenvalue weighted by atomic mass is 9.99. The molecule has 0 spiro atoms. The molecular formula is C88H172O17P2. The number of aliphatic hydroxyl groups excluding tert-OH is 1. The summed E-state index contributed by atoms with van der Waals surface area (Å²) >= 11 is 0. The van der Waals surface area contributed by atoms with Crippen LogP contribution >= 0.6 is 15.6 Å². The molecule has 0 aromatic carbocycles. The second-order valence-electron chi connectivity index (χ2n) is 32.4. The molecule has 0 aliphatic rings. The fraction of sp³-hybridized carbons (Fsp3) is 0.955. The van der Waals surface area contributed by atoms with E-state index in [-0.39, 0.29) is 25.7 Å². The lowest BCUT2D eigenvalue weighted by Gasteiger charge is -2.21. The molecule has 0 aliphatic carbocycles. The molecule has 0 heterocycles. The Morgan fingerprint density at radius 2 is 0.477 bits per heavy atom. The fourth-order valence-electron chi connectivity index (χ4n) is 13.7. The molecule has 6 atom stereocenters. The van der Waals surface area contributed by atoms with E-state index >= 15 is 0 Å². The van der Waals surface area contributed by atoms with E-state index in [0.717, 1.165) is 102 Å². The van der Waals surface area contributed by atoms with Gasteiger partial charge >= 0.3 is 39.5 Å². The maximum atomic E-state index is 13.2. The molecule has 19 heteroatoms. The van der Waals surface area contributed by atoms with E-state index in [1.54, 1.807) is 0 Å². The molecule has 0 aromatic rings. The van der Waals surface area contributed by atoms with Gasteiger partial charge in [-0.05, 0) is 37.5 Å². The van der Waals surface area contributed by atoms with Crippen LogP contribution in [0.15, 0.2) is 0 Å². The molecule has 3 unspecified atom stereocenters. The van der Waals surface area contributed by atoms with Gasteiger partial charge in [-0.2, -0.15) is 0 Å². The summed E-state index contributed by atoms with van der Waals surface area (Å²) in [5, 5.41) is 10.7. The highest BCUT2D eigenvalue weighted by Gasteiger charge is 2.31. The zero-order valence-electron chi connectivity index (χ0n) is 70.5. The topological polar surface area (TPSA) is 237 Å². The number of phosphoric acid groups is 2. The van der Waals surface area contributed by atoms with E-state index in [9.17, 15) is 43.2 Å². The minimum atomic E-state index is -4.97. The van der Waals surface area contributed by atoms with Crippen molar-refractivity contribution in [3.8, 4) is 0 Å². The minimum Gasteiger partial charge on any atom is -0.462 e. The van der Waals surface area contributed by atoms with E-state index in [1.807, 2.05) is 0 Å². The van der Waals surface area contributed by atoms with Crippen molar-refractivity contribution in [2.24, 2.45) is 11.8 Å². The summed E-state index contributed by atoms with van der Waals surface area (Å²) in [6, 6.07) is 0. The molecule has 0 aromatic heterocycles. The first kappa shape index (κ1) is 105. The van der Waals surface area contributed by atoms with Crippen LogP contribution in [0.2, 0.25) is 0 Å². The van der Waals surface area contributed by atoms with E-state index in [4.69, 9.17) is 37.0 Å². The van der Waals surface area contributed by atoms with Crippen molar-refractivity contribution in [2.75, 3.05) is 39.6 Å². The van der Waals surface area contributed by atoms with E-state index in [0.29, 0.717) is 25.7 Å². The first-order valence-corrected chi connectivity index (χ1v) is 48.5. The van der Waals surface area contributed by atoms with Gasteiger partial charge in [-0.1, -0.05) is 420 Å². The fourth-order valence-corrected chi connectivity index (χ4v) is 15.3. The second-order valence-corrected chi connectivity index (χ2v) is 35.3. The zero-order valence-corrected chi connectivity index (χ0v) is 72.2. The van der Waals surface area contributed by atoms with Gasteiger partial charge in [0.15, 0.2) is 12.2 Å². The highest BCUT2D eigenvalue weighted by Crippen LogP contribution is 2.45. The normalized spacial score (nSPS) is 14.0. The van der Waals surface area contributed by atoms with Crippen LogP contribution in [0.5, 0.6) is 0 Å². The quantitative estimate of drug-likeness (QED) is 0.0222. The van der Waals surface area contributed by atoms with Crippen molar-refractivity contribution in [3.05, 3.63) is 0 Å². The Kier molecular flexibility index (Phi) is 77.9. The Morgan fingerprint density at radius 1 is 0.271 bits per heavy atom. The predicted octanol–water partition coefficient (Wildman–Crippen LogP) is 27.0. The molecule has 107 heavy (non-hydrogen) atoms. The number of unbranched alkanes of at least 4 members (excludes halogenated alkanes) is 56. The summed E-state index contributed by atoms with van der Waals surface area (Å²) in [7, 11) is -9.93. The maximum absolute atomic E-state index is 13.2. The number of carbonyl (C=O) groups is 4. The molecule has 0 aliphatic heterocycles. The first-order chi connectivity index (χ1) is 51.9. The van der Waals surface area contributed by atoms with Gasteiger partial charge in [-0.15, -0.1) is 0 Å². The van der Waals surface area contributed by atoms with Crippen LogP contribution in [-0.2, 0) is 65.4 Å². The monoisotopic (exact) mass is 1560 g/mol. The van der Waals surface area contributed by atoms with Gasteiger partial charge in [0.05, 0.1) is 26.4 Å². The van der Waals surface area contributed by atoms with Gasteiger partial charge in [0.25, 0.3) is 0 Å². The SMILES string of the molecule is CCCCCCCCCCCCCCCCCCCCCCCC(=O)O[C@H](COC(=O)CCCCCCCCCCCCCCCCC(C)CC)COP(=O)(O)OC[C@@H](O)COP(=O)(O)OC[C@@H](COC(=O)CCCCCCCCCCCC(C)C)OC(=O)CCCCCCCCCCCCCCCCCC. The highest BCUT2D eigenvalue weighted by atomic mass is 31.2. The molecule has 0 fully saturated rings. The average molecular weight is 1560 g/mol. The van der Waals surface area contributed by atoms with Gasteiger partial charge in [0.2, 0.25) is 0 Å². The smallest absolute Gasteiger partial charge is 0.462 e. The Bertz CT molecular complexity index is 2050. The summed E-state index contributed by atoms with van der Waals surface area (Å²) in [5.41, 5.74) is 0. The Hall–Kier alpha value is -1.94. The maximum Gasteiger partial charge on any atom is 0.472 e. The highest BCUT2D eigenvalue weighted by molar-refractivity contribution is 7.47. The number of phosphoric ester groups is 2. The van der Waals surface area contributed by atoms with Crippen LogP contribution in [0.1, 0.15) is 472 Å². The third-order valence-electron chi connectivity index (χ3n) is 21.1. The molecule has 0 bridgehead atoms. The summed E-state index contributed by atoms with van der Waals surface area (Å²) < 4.78 is 69.0. The summed E-state index contributed by atoms with van der Waals surface area (Å²) in [6.07, 6.45) is 72.2. The van der Waals surface area contributed by atoms with E-state index in [1.165, 1.54) is 289 Å². The number of hydrogen-bond donors (Lipinski definition) is 3. The molecule has 0 rings (SSSR count). The van der Waals surface area contributed by atoms with Crippen LogP contribution in [0.25, 0.3) is 0 Å². The lowest BCUT2D eigenvalue weighted by Crippen LogP contribution is -2.30. The molecule has 0 amide bonds.